The Morgan fingerprint density at radius 2 is 1.81 bits per heavy atom. The number of hydrogen-bond donors (Lipinski definition) is 2. The first-order valence-corrected chi connectivity index (χ1v) is 8.60. The van der Waals surface area contributed by atoms with Crippen LogP contribution in [0.3, 0.4) is 0 Å². The fourth-order valence-corrected chi connectivity index (χ4v) is 2.32. The molecule has 0 aromatic heterocycles. The van der Waals surface area contributed by atoms with Crippen LogP contribution in [0.15, 0.2) is 47.6 Å². The van der Waals surface area contributed by atoms with E-state index in [9.17, 15) is 9.90 Å². The highest BCUT2D eigenvalue weighted by molar-refractivity contribution is 5.95. The minimum atomic E-state index is -0.305. The van der Waals surface area contributed by atoms with Crippen molar-refractivity contribution in [1.29, 1.82) is 0 Å². The molecule has 0 saturated heterocycles. The van der Waals surface area contributed by atoms with E-state index in [0.717, 1.165) is 5.56 Å². The van der Waals surface area contributed by atoms with Crippen molar-refractivity contribution in [1.82, 2.24) is 5.43 Å². The summed E-state index contributed by atoms with van der Waals surface area (Å²) in [5, 5.41) is 13.9. The zero-order chi connectivity index (χ0) is 19.3. The Kier molecular flexibility index (Phi) is 6.03. The molecular formula is C21H26N2O3. The van der Waals surface area contributed by atoms with Crippen molar-refractivity contribution in [2.75, 3.05) is 0 Å². The Hall–Kier alpha value is -2.82. The maximum Gasteiger partial charge on any atom is 0.271 e. The summed E-state index contributed by atoms with van der Waals surface area (Å²) in [4.78, 5) is 12.1. The Balaban J connectivity index is 2.00. The minimum absolute atomic E-state index is 0.0258. The van der Waals surface area contributed by atoms with Gasteiger partial charge in [-0.2, -0.15) is 5.10 Å². The lowest BCUT2D eigenvalue weighted by molar-refractivity contribution is 0.0955. The molecule has 0 saturated carbocycles. The maximum atomic E-state index is 12.1. The van der Waals surface area contributed by atoms with E-state index in [1.165, 1.54) is 12.3 Å². The standard InChI is InChI=1S/C21H26N2O3/c1-14(2)26-18-11-8-16(19(24)12-18)13-22-23-20(25)15-6-9-17(10-7-15)21(3,4)5/h6-14,24H,1-5H3,(H,23,25)/b22-13-. The van der Waals surface area contributed by atoms with Gasteiger partial charge >= 0.3 is 0 Å². The van der Waals surface area contributed by atoms with Crippen LogP contribution in [-0.4, -0.2) is 23.3 Å². The largest absolute Gasteiger partial charge is 0.507 e. The van der Waals surface area contributed by atoms with Crippen molar-refractivity contribution in [2.45, 2.75) is 46.1 Å². The molecule has 0 atom stereocenters. The lowest BCUT2D eigenvalue weighted by Crippen LogP contribution is -2.18. The summed E-state index contributed by atoms with van der Waals surface area (Å²) in [5.41, 5.74) is 4.68. The first kappa shape index (κ1) is 19.5. The molecule has 2 N–H and O–H groups in total. The third kappa shape index (κ3) is 5.34. The average Bonchev–Trinajstić information content (AvgIpc) is 2.55. The number of rotatable bonds is 5. The van der Waals surface area contributed by atoms with Crippen LogP contribution in [-0.2, 0) is 5.41 Å². The van der Waals surface area contributed by atoms with Gasteiger partial charge in [0.15, 0.2) is 0 Å². The highest BCUT2D eigenvalue weighted by Gasteiger charge is 2.14. The van der Waals surface area contributed by atoms with Gasteiger partial charge in [-0.25, -0.2) is 5.43 Å². The zero-order valence-electron chi connectivity index (χ0n) is 15.9. The van der Waals surface area contributed by atoms with Gasteiger partial charge in [-0.1, -0.05) is 32.9 Å². The fraction of sp³-hybridized carbons (Fsp3) is 0.333. The second-order valence-corrected chi connectivity index (χ2v) is 7.41. The highest BCUT2D eigenvalue weighted by Crippen LogP contribution is 2.23. The summed E-state index contributed by atoms with van der Waals surface area (Å²) in [6, 6.07) is 12.4. The number of carbonyl (C=O) groups is 1. The van der Waals surface area contributed by atoms with Crippen LogP contribution in [0.2, 0.25) is 0 Å². The van der Waals surface area contributed by atoms with Crippen LogP contribution in [0.4, 0.5) is 0 Å². The molecule has 0 aliphatic rings. The molecule has 0 aliphatic carbocycles. The van der Waals surface area contributed by atoms with Gasteiger partial charge in [0, 0.05) is 17.2 Å². The number of nitrogens with zero attached hydrogens (tertiary/aromatic N) is 1. The van der Waals surface area contributed by atoms with Crippen LogP contribution < -0.4 is 10.2 Å². The molecule has 0 fully saturated rings. The Bertz CT molecular complexity index is 788. The molecule has 5 nitrogen and oxygen atoms in total. The predicted molar refractivity (Wildman–Crippen MR) is 104 cm³/mol. The van der Waals surface area contributed by atoms with E-state index < -0.39 is 0 Å². The number of amides is 1. The Morgan fingerprint density at radius 1 is 1.15 bits per heavy atom. The monoisotopic (exact) mass is 354 g/mol. The maximum absolute atomic E-state index is 12.1. The van der Waals surface area contributed by atoms with E-state index in [2.05, 4.69) is 31.3 Å². The van der Waals surface area contributed by atoms with Gasteiger partial charge in [-0.15, -0.1) is 0 Å². The van der Waals surface area contributed by atoms with Crippen molar-refractivity contribution in [3.05, 3.63) is 59.2 Å². The number of ether oxygens (including phenoxy) is 1. The van der Waals surface area contributed by atoms with Crippen molar-refractivity contribution in [2.24, 2.45) is 5.10 Å². The molecule has 138 valence electrons. The number of nitrogens with one attached hydrogen (secondary N) is 1. The first-order valence-electron chi connectivity index (χ1n) is 8.60. The van der Waals surface area contributed by atoms with E-state index in [4.69, 9.17) is 4.74 Å². The normalized spacial score (nSPS) is 11.8. The Labute approximate surface area is 154 Å². The molecule has 2 rings (SSSR count). The third-order valence-corrected chi connectivity index (χ3v) is 3.76. The van der Waals surface area contributed by atoms with Gasteiger partial charge in [0.05, 0.1) is 12.3 Å². The third-order valence-electron chi connectivity index (χ3n) is 3.76. The molecule has 2 aromatic rings. The van der Waals surface area contributed by atoms with Crippen molar-refractivity contribution >= 4 is 12.1 Å². The Morgan fingerprint density at radius 3 is 2.35 bits per heavy atom. The van der Waals surface area contributed by atoms with Gasteiger partial charge in [0.1, 0.15) is 11.5 Å². The van der Waals surface area contributed by atoms with Gasteiger partial charge in [0.25, 0.3) is 5.91 Å². The molecule has 0 heterocycles. The fourth-order valence-electron chi connectivity index (χ4n) is 2.32. The minimum Gasteiger partial charge on any atom is -0.507 e. The number of phenols is 1. The number of phenolic OH excluding ortho intramolecular Hbond substituents is 1. The quantitative estimate of drug-likeness (QED) is 0.623. The van der Waals surface area contributed by atoms with Crippen LogP contribution in [0.25, 0.3) is 0 Å². The lowest BCUT2D eigenvalue weighted by atomic mass is 9.87. The molecule has 0 bridgehead atoms. The van der Waals surface area contributed by atoms with Crippen molar-refractivity contribution < 1.29 is 14.6 Å². The van der Waals surface area contributed by atoms with Crippen LogP contribution in [0.5, 0.6) is 11.5 Å². The van der Waals surface area contributed by atoms with Crippen LogP contribution in [0, 0.1) is 0 Å². The van der Waals surface area contributed by atoms with E-state index >= 15 is 0 Å². The van der Waals surface area contributed by atoms with E-state index in [-0.39, 0.29) is 23.2 Å². The van der Waals surface area contributed by atoms with Gasteiger partial charge in [-0.05, 0) is 49.1 Å². The number of carbonyl (C=O) groups excluding carboxylic acids is 1. The average molecular weight is 354 g/mol. The molecule has 0 unspecified atom stereocenters. The molecule has 5 heteroatoms. The lowest BCUT2D eigenvalue weighted by Gasteiger charge is -2.18. The number of hydrazone groups is 1. The molecule has 2 aromatic carbocycles. The van der Waals surface area contributed by atoms with E-state index in [0.29, 0.717) is 16.9 Å². The summed E-state index contributed by atoms with van der Waals surface area (Å²) < 4.78 is 5.51. The SMILES string of the molecule is CC(C)Oc1ccc(/C=N\NC(=O)c2ccc(C(C)(C)C)cc2)c(O)c1. The van der Waals surface area contributed by atoms with Crippen molar-refractivity contribution in [3.63, 3.8) is 0 Å². The highest BCUT2D eigenvalue weighted by atomic mass is 16.5. The summed E-state index contributed by atoms with van der Waals surface area (Å²) in [6.45, 7) is 10.2. The van der Waals surface area contributed by atoms with E-state index in [1.807, 2.05) is 26.0 Å². The van der Waals surface area contributed by atoms with E-state index in [1.54, 1.807) is 24.3 Å². The zero-order valence-corrected chi connectivity index (χ0v) is 15.9. The summed E-state index contributed by atoms with van der Waals surface area (Å²) >= 11 is 0. The van der Waals surface area contributed by atoms with Gasteiger partial charge in [-0.3, -0.25) is 4.79 Å². The molecule has 26 heavy (non-hydrogen) atoms. The summed E-state index contributed by atoms with van der Waals surface area (Å²) in [5.74, 6) is 0.314. The molecule has 0 spiro atoms. The number of benzene rings is 2. The first-order chi connectivity index (χ1) is 12.2. The van der Waals surface area contributed by atoms with Gasteiger partial charge in [0.2, 0.25) is 0 Å². The second kappa shape index (κ2) is 8.04. The molecule has 0 aliphatic heterocycles. The molecule has 0 radical (unpaired) electrons. The predicted octanol–water partition coefficient (Wildman–Crippen LogP) is 4.24. The number of aromatic hydroxyl groups is 1. The van der Waals surface area contributed by atoms with Gasteiger partial charge < -0.3 is 9.84 Å². The van der Waals surface area contributed by atoms with Crippen LogP contribution >= 0.6 is 0 Å². The molecule has 1 amide bonds. The van der Waals surface area contributed by atoms with Crippen LogP contribution in [0.1, 0.15) is 56.1 Å². The second-order valence-electron chi connectivity index (χ2n) is 7.41. The smallest absolute Gasteiger partial charge is 0.271 e. The summed E-state index contributed by atoms with van der Waals surface area (Å²) in [7, 11) is 0. The number of hydrogen-bond acceptors (Lipinski definition) is 4. The van der Waals surface area contributed by atoms with Crippen molar-refractivity contribution in [3.8, 4) is 11.5 Å². The summed E-state index contributed by atoms with van der Waals surface area (Å²) in [6.07, 6.45) is 1.42. The topological polar surface area (TPSA) is 70.9 Å². The molecular weight excluding hydrogens is 328 g/mol.